The van der Waals surface area contributed by atoms with Crippen molar-refractivity contribution in [2.24, 2.45) is 7.05 Å². The van der Waals surface area contributed by atoms with Crippen LogP contribution in [0.3, 0.4) is 0 Å². The molecule has 9 heteroatoms. The van der Waals surface area contributed by atoms with Gasteiger partial charge in [0.15, 0.2) is 0 Å². The van der Waals surface area contributed by atoms with Gasteiger partial charge in [0.1, 0.15) is 28.5 Å². The van der Waals surface area contributed by atoms with Gasteiger partial charge in [0.05, 0.1) is 19.0 Å². The second-order valence-electron chi connectivity index (χ2n) is 7.24. The van der Waals surface area contributed by atoms with E-state index >= 15 is 4.39 Å². The van der Waals surface area contributed by atoms with E-state index in [9.17, 15) is 9.90 Å². The largest absolute Gasteiger partial charge is 0.496 e. The molecule has 8 nitrogen and oxygen atoms in total. The van der Waals surface area contributed by atoms with E-state index in [2.05, 4.69) is 15.0 Å². The summed E-state index contributed by atoms with van der Waals surface area (Å²) in [6, 6.07) is 3.19. The van der Waals surface area contributed by atoms with Gasteiger partial charge in [-0.1, -0.05) is 0 Å². The molecule has 0 aromatic carbocycles. The number of hydrogen-bond acceptors (Lipinski definition) is 5. The Morgan fingerprint density at radius 2 is 2.00 bits per heavy atom. The van der Waals surface area contributed by atoms with Crippen LogP contribution in [0.15, 0.2) is 24.5 Å². The summed E-state index contributed by atoms with van der Waals surface area (Å²) in [5, 5.41) is 13.6. The molecule has 4 heterocycles. The first kappa shape index (κ1) is 18.4. The van der Waals surface area contributed by atoms with Crippen LogP contribution in [0.1, 0.15) is 28.9 Å². The molecule has 0 aliphatic carbocycles. The van der Waals surface area contributed by atoms with E-state index in [4.69, 9.17) is 4.74 Å². The van der Waals surface area contributed by atoms with Crippen LogP contribution >= 0.6 is 0 Å². The van der Waals surface area contributed by atoms with Crippen LogP contribution < -0.4 is 4.74 Å². The smallest absolute Gasteiger partial charge is 0.354 e. The zero-order valence-electron chi connectivity index (χ0n) is 16.0. The number of halogens is 1. The summed E-state index contributed by atoms with van der Waals surface area (Å²) in [4.78, 5) is 17.8. The first-order chi connectivity index (χ1) is 13.3. The summed E-state index contributed by atoms with van der Waals surface area (Å²) in [5.41, 5.74) is 0.678. The van der Waals surface area contributed by atoms with Crippen LogP contribution in [-0.4, -0.2) is 62.4 Å². The standard InChI is InChI=1S/C19H22FN5O3/c1-23-6-4-19(20,5-7-23)12-11-25-15(10-21-17(25)9-16(12)28-3)13-8-14(18(26)27)24(2)22-13/h8-11H,4-7H2,1-3H3,(H,26,27). The first-order valence-electron chi connectivity index (χ1n) is 9.03. The number of carboxylic acids is 1. The van der Waals surface area contributed by atoms with Gasteiger partial charge in [0.25, 0.3) is 0 Å². The number of methoxy groups -OCH3 is 1. The molecule has 1 N–H and O–H groups in total. The number of hydrogen-bond donors (Lipinski definition) is 1. The minimum Gasteiger partial charge on any atom is -0.496 e. The highest BCUT2D eigenvalue weighted by molar-refractivity contribution is 5.87. The van der Waals surface area contributed by atoms with Crippen molar-refractivity contribution in [3.8, 4) is 17.1 Å². The third-order valence-corrected chi connectivity index (χ3v) is 5.45. The second-order valence-corrected chi connectivity index (χ2v) is 7.24. The van der Waals surface area contributed by atoms with Crippen LogP contribution in [-0.2, 0) is 12.7 Å². The molecule has 0 radical (unpaired) electrons. The molecule has 0 bridgehead atoms. The molecule has 28 heavy (non-hydrogen) atoms. The van der Waals surface area contributed by atoms with Crippen molar-refractivity contribution in [1.29, 1.82) is 0 Å². The lowest BCUT2D eigenvalue weighted by atomic mass is 9.86. The van der Waals surface area contributed by atoms with E-state index in [-0.39, 0.29) is 5.69 Å². The lowest BCUT2D eigenvalue weighted by molar-refractivity contribution is 0.0645. The van der Waals surface area contributed by atoms with E-state index in [0.29, 0.717) is 54.3 Å². The quantitative estimate of drug-likeness (QED) is 0.740. The maximum absolute atomic E-state index is 15.8. The number of alkyl halides is 1. The minimum atomic E-state index is -1.50. The van der Waals surface area contributed by atoms with Gasteiger partial charge in [0.2, 0.25) is 0 Å². The highest BCUT2D eigenvalue weighted by Gasteiger charge is 2.38. The van der Waals surface area contributed by atoms with Gasteiger partial charge in [-0.3, -0.25) is 9.08 Å². The molecular weight excluding hydrogens is 365 g/mol. The van der Waals surface area contributed by atoms with Gasteiger partial charge < -0.3 is 14.7 Å². The number of carboxylic acid groups (broad SMARTS) is 1. The zero-order chi connectivity index (χ0) is 20.1. The number of pyridine rings is 1. The van der Waals surface area contributed by atoms with E-state index < -0.39 is 11.6 Å². The predicted octanol–water partition coefficient (Wildman–Crippen LogP) is 2.33. The van der Waals surface area contributed by atoms with Crippen molar-refractivity contribution in [2.45, 2.75) is 18.5 Å². The Bertz CT molecular complexity index is 1050. The molecule has 0 atom stereocenters. The fraction of sp³-hybridized carbons (Fsp3) is 0.421. The molecule has 0 amide bonds. The zero-order valence-corrected chi connectivity index (χ0v) is 16.0. The number of fused-ring (bicyclic) bond motifs is 1. The number of ether oxygens (including phenoxy) is 1. The summed E-state index contributed by atoms with van der Waals surface area (Å²) in [6.07, 6.45) is 4.06. The molecule has 1 fully saturated rings. The Morgan fingerprint density at radius 1 is 1.29 bits per heavy atom. The number of likely N-dealkylation sites (tertiary alicyclic amines) is 1. The number of nitrogens with zero attached hydrogens (tertiary/aromatic N) is 5. The van der Waals surface area contributed by atoms with Crippen molar-refractivity contribution in [3.05, 3.63) is 35.8 Å². The van der Waals surface area contributed by atoms with E-state index in [1.54, 1.807) is 29.9 Å². The summed E-state index contributed by atoms with van der Waals surface area (Å²) in [7, 11) is 5.07. The average Bonchev–Trinajstić information content (AvgIpc) is 3.26. The monoisotopic (exact) mass is 387 g/mol. The molecule has 1 saturated heterocycles. The number of aryl methyl sites for hydroxylation is 1. The molecule has 148 valence electrons. The van der Waals surface area contributed by atoms with Gasteiger partial charge >= 0.3 is 5.97 Å². The van der Waals surface area contributed by atoms with E-state index in [1.807, 2.05) is 7.05 Å². The molecule has 1 aliphatic rings. The van der Waals surface area contributed by atoms with E-state index in [0.717, 1.165) is 0 Å². The topological polar surface area (TPSA) is 84.9 Å². The Labute approximate surface area is 161 Å². The van der Waals surface area contributed by atoms with Crippen molar-refractivity contribution < 1.29 is 19.0 Å². The molecule has 0 unspecified atom stereocenters. The van der Waals surface area contributed by atoms with Gasteiger partial charge in [0, 0.05) is 44.0 Å². The van der Waals surface area contributed by atoms with Gasteiger partial charge in [-0.05, 0) is 19.9 Å². The normalized spacial score (nSPS) is 17.1. The number of imidazole rings is 1. The van der Waals surface area contributed by atoms with Gasteiger partial charge in [-0.15, -0.1) is 0 Å². The number of rotatable bonds is 4. The van der Waals surface area contributed by atoms with Crippen LogP contribution in [0.25, 0.3) is 17.0 Å². The summed E-state index contributed by atoms with van der Waals surface area (Å²) in [5.74, 6) is -0.601. The van der Waals surface area contributed by atoms with Crippen molar-refractivity contribution in [2.75, 3.05) is 27.2 Å². The molecular formula is C19H22FN5O3. The van der Waals surface area contributed by atoms with Crippen LogP contribution in [0.4, 0.5) is 4.39 Å². The number of carbonyl (C=O) groups is 1. The fourth-order valence-corrected chi connectivity index (χ4v) is 3.74. The van der Waals surface area contributed by atoms with E-state index in [1.165, 1.54) is 17.9 Å². The lowest BCUT2D eigenvalue weighted by Crippen LogP contribution is -2.38. The molecule has 3 aromatic heterocycles. The second kappa shape index (κ2) is 6.59. The maximum atomic E-state index is 15.8. The first-order valence-corrected chi connectivity index (χ1v) is 9.03. The number of piperidine rings is 1. The van der Waals surface area contributed by atoms with Gasteiger partial charge in [-0.25, -0.2) is 14.2 Å². The summed E-state index contributed by atoms with van der Waals surface area (Å²) in [6.45, 7) is 1.33. The van der Waals surface area contributed by atoms with Crippen molar-refractivity contribution >= 4 is 11.6 Å². The molecule has 0 spiro atoms. The Morgan fingerprint density at radius 3 is 2.61 bits per heavy atom. The number of aromatic carboxylic acids is 1. The molecule has 1 aliphatic heterocycles. The molecule has 3 aromatic rings. The van der Waals surface area contributed by atoms with Crippen molar-refractivity contribution in [3.63, 3.8) is 0 Å². The van der Waals surface area contributed by atoms with Gasteiger partial charge in [-0.2, -0.15) is 5.10 Å². The van der Waals surface area contributed by atoms with Crippen molar-refractivity contribution in [1.82, 2.24) is 24.1 Å². The minimum absolute atomic E-state index is 0.0657. The third-order valence-electron chi connectivity index (χ3n) is 5.45. The predicted molar refractivity (Wildman–Crippen MR) is 100 cm³/mol. The summed E-state index contributed by atoms with van der Waals surface area (Å²) >= 11 is 0. The maximum Gasteiger partial charge on any atom is 0.354 e. The average molecular weight is 387 g/mol. The molecule has 0 saturated carbocycles. The SMILES string of the molecule is COc1cc2ncc(-c3cc(C(=O)O)n(C)n3)n2cc1C1(F)CCN(C)CC1. The number of aromatic nitrogens is 4. The Kier molecular flexibility index (Phi) is 4.34. The fourth-order valence-electron chi connectivity index (χ4n) is 3.74. The Balaban J connectivity index is 1.85. The Hall–Kier alpha value is -2.94. The van der Waals surface area contributed by atoms with Crippen LogP contribution in [0.2, 0.25) is 0 Å². The summed E-state index contributed by atoms with van der Waals surface area (Å²) < 4.78 is 24.3. The highest BCUT2D eigenvalue weighted by atomic mass is 19.1. The highest BCUT2D eigenvalue weighted by Crippen LogP contribution is 2.42. The van der Waals surface area contributed by atoms with Crippen LogP contribution in [0.5, 0.6) is 5.75 Å². The lowest BCUT2D eigenvalue weighted by Gasteiger charge is -2.35. The third kappa shape index (κ3) is 2.91. The van der Waals surface area contributed by atoms with Crippen LogP contribution in [0, 0.1) is 0 Å². The molecule has 4 rings (SSSR count).